The molecule has 0 amide bonds. The second-order valence-corrected chi connectivity index (χ2v) is 10.6. The van der Waals surface area contributed by atoms with Crippen LogP contribution in [-0.4, -0.2) is 26.6 Å². The summed E-state index contributed by atoms with van der Waals surface area (Å²) in [6.45, 7) is 1.54. The van der Waals surface area contributed by atoms with E-state index >= 15 is 0 Å². The molecule has 0 aliphatic carbocycles. The van der Waals surface area contributed by atoms with E-state index in [9.17, 15) is 9.00 Å². The second-order valence-electron chi connectivity index (χ2n) is 9.16. The Morgan fingerprint density at radius 3 is 2.00 bits per heavy atom. The van der Waals surface area contributed by atoms with Crippen LogP contribution in [0, 0.1) is 0 Å². The standard InChI is InChI=1S/C30H26N2O2S/c33-29-14-13-26(20-31-29)35(34)32-17-15-22(16-18-32)21-9-11-23(12-10-21)30-27-7-3-1-5-24(27)19-25-6-2-4-8-28(25)30/h1-14,19-20,22H,15-18H2,(H,31,33). The van der Waals surface area contributed by atoms with Crippen LogP contribution in [0.25, 0.3) is 32.7 Å². The molecule has 1 fully saturated rings. The van der Waals surface area contributed by atoms with Crippen LogP contribution in [0.5, 0.6) is 0 Å². The number of benzene rings is 4. The van der Waals surface area contributed by atoms with E-state index in [1.165, 1.54) is 44.3 Å². The molecule has 1 N–H and O–H groups in total. The van der Waals surface area contributed by atoms with E-state index in [1.807, 2.05) is 4.31 Å². The summed E-state index contributed by atoms with van der Waals surface area (Å²) < 4.78 is 14.9. The summed E-state index contributed by atoms with van der Waals surface area (Å²) in [5, 5.41) is 5.07. The van der Waals surface area contributed by atoms with Gasteiger partial charge in [-0.3, -0.25) is 4.79 Å². The first-order chi connectivity index (χ1) is 17.2. The number of piperidine rings is 1. The van der Waals surface area contributed by atoms with E-state index in [0.717, 1.165) is 25.9 Å². The zero-order chi connectivity index (χ0) is 23.8. The molecule has 1 atom stereocenters. The van der Waals surface area contributed by atoms with Gasteiger partial charge in [-0.1, -0.05) is 72.8 Å². The number of hydrogen-bond donors (Lipinski definition) is 1. The molecule has 6 rings (SSSR count). The van der Waals surface area contributed by atoms with Gasteiger partial charge < -0.3 is 4.98 Å². The topological polar surface area (TPSA) is 53.2 Å². The summed E-state index contributed by atoms with van der Waals surface area (Å²) in [5.41, 5.74) is 3.69. The van der Waals surface area contributed by atoms with Gasteiger partial charge in [0.2, 0.25) is 5.56 Å². The maximum absolute atomic E-state index is 12.9. The van der Waals surface area contributed by atoms with E-state index in [-0.39, 0.29) is 5.56 Å². The normalized spacial score (nSPS) is 16.0. The third kappa shape index (κ3) is 4.22. The number of pyridine rings is 1. The summed E-state index contributed by atoms with van der Waals surface area (Å²) in [7, 11) is -1.24. The van der Waals surface area contributed by atoms with Gasteiger partial charge in [-0.2, -0.15) is 0 Å². The van der Waals surface area contributed by atoms with Crippen LogP contribution in [0.4, 0.5) is 0 Å². The molecule has 1 aliphatic heterocycles. The number of hydrogen-bond acceptors (Lipinski definition) is 2. The molecule has 1 aliphatic rings. The highest BCUT2D eigenvalue weighted by molar-refractivity contribution is 7.82. The largest absolute Gasteiger partial charge is 0.328 e. The first-order valence-corrected chi connectivity index (χ1v) is 13.1. The summed E-state index contributed by atoms with van der Waals surface area (Å²) in [6.07, 6.45) is 3.48. The molecule has 174 valence electrons. The van der Waals surface area contributed by atoms with Crippen molar-refractivity contribution in [1.29, 1.82) is 0 Å². The number of nitrogens with one attached hydrogen (secondary N) is 1. The minimum absolute atomic E-state index is 0.176. The molecule has 0 radical (unpaired) electrons. The maximum atomic E-state index is 12.9. The maximum Gasteiger partial charge on any atom is 0.247 e. The van der Waals surface area contributed by atoms with Gasteiger partial charge in [0, 0.05) is 25.4 Å². The van der Waals surface area contributed by atoms with Gasteiger partial charge in [0.05, 0.1) is 4.90 Å². The fourth-order valence-corrected chi connectivity index (χ4v) is 6.44. The van der Waals surface area contributed by atoms with E-state index in [4.69, 9.17) is 0 Å². The lowest BCUT2D eigenvalue weighted by molar-refractivity contribution is 0.334. The minimum Gasteiger partial charge on any atom is -0.328 e. The Morgan fingerprint density at radius 1 is 0.771 bits per heavy atom. The van der Waals surface area contributed by atoms with Gasteiger partial charge in [0.15, 0.2) is 0 Å². The first-order valence-electron chi connectivity index (χ1n) is 12.0. The SMILES string of the molecule is O=c1ccc(S(=O)N2CCC(c3ccc(-c4c5ccccc5cc5ccccc45)cc3)CC2)c[nH]1. The molecule has 5 aromatic rings. The van der Waals surface area contributed by atoms with Crippen LogP contribution in [0.1, 0.15) is 24.3 Å². The van der Waals surface area contributed by atoms with Crippen molar-refractivity contribution < 1.29 is 4.21 Å². The van der Waals surface area contributed by atoms with E-state index in [0.29, 0.717) is 10.8 Å². The van der Waals surface area contributed by atoms with Crippen LogP contribution >= 0.6 is 0 Å². The summed E-state index contributed by atoms with van der Waals surface area (Å²) >= 11 is 0. The Labute approximate surface area is 206 Å². The van der Waals surface area contributed by atoms with Crippen molar-refractivity contribution in [1.82, 2.24) is 9.29 Å². The van der Waals surface area contributed by atoms with Crippen molar-refractivity contribution >= 4 is 32.5 Å². The Balaban J connectivity index is 1.24. The average Bonchev–Trinajstić information content (AvgIpc) is 2.92. The molecular weight excluding hydrogens is 452 g/mol. The highest BCUT2D eigenvalue weighted by atomic mass is 32.2. The highest BCUT2D eigenvalue weighted by Crippen LogP contribution is 2.37. The smallest absolute Gasteiger partial charge is 0.247 e. The molecule has 1 unspecified atom stereocenters. The Morgan fingerprint density at radius 2 is 1.40 bits per heavy atom. The number of aromatic nitrogens is 1. The first kappa shape index (κ1) is 22.0. The van der Waals surface area contributed by atoms with Crippen molar-refractivity contribution in [2.75, 3.05) is 13.1 Å². The number of aromatic amines is 1. The van der Waals surface area contributed by atoms with Gasteiger partial charge in [0.1, 0.15) is 11.0 Å². The predicted molar refractivity (Wildman–Crippen MR) is 144 cm³/mol. The summed E-state index contributed by atoms with van der Waals surface area (Å²) in [4.78, 5) is 14.6. The van der Waals surface area contributed by atoms with Gasteiger partial charge in [-0.25, -0.2) is 8.51 Å². The van der Waals surface area contributed by atoms with Crippen molar-refractivity contribution in [2.24, 2.45) is 0 Å². The minimum atomic E-state index is -1.24. The van der Waals surface area contributed by atoms with Gasteiger partial charge in [0.25, 0.3) is 0 Å². The van der Waals surface area contributed by atoms with Crippen LogP contribution in [0.2, 0.25) is 0 Å². The molecule has 2 heterocycles. The second kappa shape index (κ2) is 9.25. The lowest BCUT2D eigenvalue weighted by Crippen LogP contribution is -2.34. The summed E-state index contributed by atoms with van der Waals surface area (Å²) in [6, 6.07) is 31.6. The molecule has 5 heteroatoms. The molecule has 0 saturated carbocycles. The van der Waals surface area contributed by atoms with Gasteiger partial charge in [-0.15, -0.1) is 0 Å². The lowest BCUT2D eigenvalue weighted by Gasteiger charge is -2.31. The van der Waals surface area contributed by atoms with Crippen molar-refractivity contribution in [2.45, 2.75) is 23.7 Å². The zero-order valence-electron chi connectivity index (χ0n) is 19.3. The predicted octanol–water partition coefficient (Wildman–Crippen LogP) is 6.25. The molecule has 1 saturated heterocycles. The fourth-order valence-electron chi connectivity index (χ4n) is 5.26. The van der Waals surface area contributed by atoms with E-state index in [1.54, 1.807) is 12.3 Å². The van der Waals surface area contributed by atoms with Crippen LogP contribution in [0.3, 0.4) is 0 Å². The quantitative estimate of drug-likeness (QED) is 0.310. The summed E-state index contributed by atoms with van der Waals surface area (Å²) in [5.74, 6) is 0.456. The van der Waals surface area contributed by atoms with Crippen molar-refractivity contribution in [3.8, 4) is 11.1 Å². The molecular formula is C30H26N2O2S. The van der Waals surface area contributed by atoms with Crippen LogP contribution < -0.4 is 5.56 Å². The Bertz CT molecular complexity index is 1520. The Hall–Kier alpha value is -3.54. The fraction of sp³-hybridized carbons (Fsp3) is 0.167. The number of fused-ring (bicyclic) bond motifs is 2. The lowest BCUT2D eigenvalue weighted by atomic mass is 9.87. The molecule has 4 aromatic carbocycles. The number of rotatable bonds is 4. The van der Waals surface area contributed by atoms with E-state index < -0.39 is 11.0 Å². The average molecular weight is 479 g/mol. The molecule has 1 aromatic heterocycles. The highest BCUT2D eigenvalue weighted by Gasteiger charge is 2.25. The number of nitrogens with zero attached hydrogens (tertiary/aromatic N) is 1. The molecule has 0 spiro atoms. The molecule has 0 bridgehead atoms. The van der Waals surface area contributed by atoms with Gasteiger partial charge >= 0.3 is 0 Å². The van der Waals surface area contributed by atoms with Crippen LogP contribution in [-0.2, 0) is 11.0 Å². The molecule has 4 nitrogen and oxygen atoms in total. The van der Waals surface area contributed by atoms with Crippen molar-refractivity contribution in [3.05, 3.63) is 113 Å². The Kier molecular flexibility index (Phi) is 5.80. The van der Waals surface area contributed by atoms with Crippen LogP contribution in [0.15, 0.2) is 107 Å². The third-order valence-electron chi connectivity index (χ3n) is 7.09. The van der Waals surface area contributed by atoms with E-state index in [2.05, 4.69) is 83.8 Å². The number of H-pyrrole nitrogens is 1. The zero-order valence-corrected chi connectivity index (χ0v) is 20.1. The monoisotopic (exact) mass is 478 g/mol. The van der Waals surface area contributed by atoms with Gasteiger partial charge in [-0.05, 0) is 69.1 Å². The molecule has 35 heavy (non-hydrogen) atoms. The van der Waals surface area contributed by atoms with Crippen molar-refractivity contribution in [3.63, 3.8) is 0 Å². The third-order valence-corrected chi connectivity index (χ3v) is 8.58.